The highest BCUT2D eigenvalue weighted by Crippen LogP contribution is 2.30. The highest BCUT2D eigenvalue weighted by molar-refractivity contribution is 7.99. The van der Waals surface area contributed by atoms with Crippen LogP contribution in [0, 0.1) is 0 Å². The molecule has 0 radical (unpaired) electrons. The molecule has 0 aliphatic heterocycles. The summed E-state index contributed by atoms with van der Waals surface area (Å²) in [5.74, 6) is 0.367. The van der Waals surface area contributed by atoms with Crippen LogP contribution in [0.5, 0.6) is 0 Å². The van der Waals surface area contributed by atoms with Gasteiger partial charge in [-0.1, -0.05) is 30.0 Å². The summed E-state index contributed by atoms with van der Waals surface area (Å²) in [6.45, 7) is 2.46. The molecule has 134 valence electrons. The topological polar surface area (TPSA) is 56.1 Å². The smallest absolute Gasteiger partial charge is 0.230 e. The van der Waals surface area contributed by atoms with E-state index < -0.39 is 0 Å². The van der Waals surface area contributed by atoms with Crippen molar-refractivity contribution in [2.24, 2.45) is 0 Å². The van der Waals surface area contributed by atoms with E-state index in [4.69, 9.17) is 9.72 Å². The molecule has 1 heterocycles. The lowest BCUT2D eigenvalue weighted by atomic mass is 10.0. The molecule has 1 unspecified atom stereocenters. The average Bonchev–Trinajstić information content (AvgIpc) is 2.99. The van der Waals surface area contributed by atoms with E-state index in [1.807, 2.05) is 25.1 Å². The molecule has 6 heteroatoms. The van der Waals surface area contributed by atoms with Crippen LogP contribution in [0.25, 0.3) is 5.69 Å². The first-order chi connectivity index (χ1) is 12.2. The van der Waals surface area contributed by atoms with Gasteiger partial charge in [0.25, 0.3) is 0 Å². The first-order valence-electron chi connectivity index (χ1n) is 8.76. The molecule has 1 atom stereocenters. The predicted molar refractivity (Wildman–Crippen MR) is 100 cm³/mol. The van der Waals surface area contributed by atoms with E-state index >= 15 is 0 Å². The Kier molecular flexibility index (Phi) is 6.15. The van der Waals surface area contributed by atoms with E-state index in [1.165, 1.54) is 36.0 Å². The Labute approximate surface area is 153 Å². The van der Waals surface area contributed by atoms with E-state index in [9.17, 15) is 4.79 Å². The van der Waals surface area contributed by atoms with Crippen LogP contribution in [0.15, 0.2) is 35.5 Å². The van der Waals surface area contributed by atoms with Gasteiger partial charge in [-0.3, -0.25) is 9.36 Å². The van der Waals surface area contributed by atoms with Gasteiger partial charge in [0.15, 0.2) is 5.16 Å². The number of aromatic nitrogens is 2. The molecular formula is C19H25N3O2S. The molecule has 0 spiro atoms. The highest BCUT2D eigenvalue weighted by atomic mass is 32.2. The Balaban J connectivity index is 1.77. The van der Waals surface area contributed by atoms with Gasteiger partial charge in [0.1, 0.15) is 0 Å². The largest absolute Gasteiger partial charge is 0.383 e. The molecule has 1 aromatic heterocycles. The summed E-state index contributed by atoms with van der Waals surface area (Å²) in [6, 6.07) is 10.3. The van der Waals surface area contributed by atoms with E-state index in [0.717, 1.165) is 23.7 Å². The van der Waals surface area contributed by atoms with Gasteiger partial charge < -0.3 is 10.1 Å². The van der Waals surface area contributed by atoms with Crippen molar-refractivity contribution in [1.29, 1.82) is 0 Å². The third-order valence-electron chi connectivity index (χ3n) is 4.27. The minimum absolute atomic E-state index is 0.00938. The molecule has 5 nitrogen and oxygen atoms in total. The number of hydrogen-bond acceptors (Lipinski definition) is 4. The fourth-order valence-corrected chi connectivity index (χ4v) is 4.06. The van der Waals surface area contributed by atoms with Crippen molar-refractivity contribution < 1.29 is 9.53 Å². The maximum absolute atomic E-state index is 12.2. The molecule has 1 N–H and O–H groups in total. The molecule has 1 aromatic carbocycles. The number of nitrogens with zero attached hydrogens (tertiary/aromatic N) is 2. The van der Waals surface area contributed by atoms with Crippen molar-refractivity contribution in [3.63, 3.8) is 0 Å². The summed E-state index contributed by atoms with van der Waals surface area (Å²) in [7, 11) is 1.64. The van der Waals surface area contributed by atoms with Crippen LogP contribution in [0.3, 0.4) is 0 Å². The molecular weight excluding hydrogens is 334 g/mol. The summed E-state index contributed by atoms with van der Waals surface area (Å²) in [4.78, 5) is 17.0. The zero-order chi connectivity index (χ0) is 17.6. The Morgan fingerprint density at radius 1 is 1.32 bits per heavy atom. The minimum Gasteiger partial charge on any atom is -0.383 e. The number of ether oxygens (including phenoxy) is 1. The van der Waals surface area contributed by atoms with Crippen molar-refractivity contribution in [1.82, 2.24) is 14.9 Å². The first-order valence-corrected chi connectivity index (χ1v) is 9.74. The van der Waals surface area contributed by atoms with Gasteiger partial charge in [0.05, 0.1) is 18.1 Å². The molecule has 0 bridgehead atoms. The number of methoxy groups -OCH3 is 1. The zero-order valence-corrected chi connectivity index (χ0v) is 15.6. The third kappa shape index (κ3) is 4.44. The second-order valence-electron chi connectivity index (χ2n) is 6.38. The minimum atomic E-state index is 0.00938. The fraction of sp³-hybridized carbons (Fsp3) is 0.474. The van der Waals surface area contributed by atoms with Crippen molar-refractivity contribution in [3.8, 4) is 5.69 Å². The number of hydrogen-bond donors (Lipinski definition) is 1. The summed E-state index contributed by atoms with van der Waals surface area (Å²) >= 11 is 1.50. The van der Waals surface area contributed by atoms with Crippen LogP contribution in [0.4, 0.5) is 0 Å². The molecule has 1 amide bonds. The van der Waals surface area contributed by atoms with Crippen LogP contribution < -0.4 is 5.32 Å². The predicted octanol–water partition coefficient (Wildman–Crippen LogP) is 2.99. The SMILES string of the molecule is COCC(C)NC(=O)CSc1nc2c(n1-c1ccccc1)CCCC2. The molecule has 25 heavy (non-hydrogen) atoms. The molecule has 0 fully saturated rings. The van der Waals surface area contributed by atoms with E-state index in [1.54, 1.807) is 7.11 Å². The quantitative estimate of drug-likeness (QED) is 0.772. The van der Waals surface area contributed by atoms with E-state index in [0.29, 0.717) is 12.4 Å². The van der Waals surface area contributed by atoms with Gasteiger partial charge in [0.2, 0.25) is 5.91 Å². The molecule has 3 rings (SSSR count). The van der Waals surface area contributed by atoms with Crippen molar-refractivity contribution in [2.75, 3.05) is 19.5 Å². The molecule has 1 aliphatic rings. The number of nitrogens with one attached hydrogen (secondary N) is 1. The molecule has 1 aliphatic carbocycles. The number of carbonyl (C=O) groups excluding carboxylic acids is 1. The summed E-state index contributed by atoms with van der Waals surface area (Å²) in [5.41, 5.74) is 3.60. The maximum atomic E-state index is 12.2. The van der Waals surface area contributed by atoms with Crippen molar-refractivity contribution >= 4 is 17.7 Å². The average molecular weight is 359 g/mol. The number of carbonyl (C=O) groups is 1. The normalized spacial score (nSPS) is 14.8. The Hall–Kier alpha value is -1.79. The number of fused-ring (bicyclic) bond motifs is 1. The number of imidazole rings is 1. The lowest BCUT2D eigenvalue weighted by molar-refractivity contribution is -0.119. The van der Waals surface area contributed by atoms with Gasteiger partial charge in [-0.25, -0.2) is 4.98 Å². The fourth-order valence-electron chi connectivity index (χ4n) is 3.19. The highest BCUT2D eigenvalue weighted by Gasteiger charge is 2.22. The van der Waals surface area contributed by atoms with Gasteiger partial charge in [0, 0.05) is 24.5 Å². The molecule has 0 saturated heterocycles. The van der Waals surface area contributed by atoms with Gasteiger partial charge in [-0.2, -0.15) is 0 Å². The third-order valence-corrected chi connectivity index (χ3v) is 5.21. The van der Waals surface area contributed by atoms with Crippen molar-refractivity contribution in [2.45, 2.75) is 43.8 Å². The van der Waals surface area contributed by atoms with Gasteiger partial charge >= 0.3 is 0 Å². The monoisotopic (exact) mass is 359 g/mol. The second kappa shape index (κ2) is 8.54. The number of benzene rings is 1. The van der Waals surface area contributed by atoms with Crippen LogP contribution in [-0.2, 0) is 22.4 Å². The summed E-state index contributed by atoms with van der Waals surface area (Å²) < 4.78 is 7.29. The number of aryl methyl sites for hydroxylation is 1. The lowest BCUT2D eigenvalue weighted by Crippen LogP contribution is -2.36. The Morgan fingerprint density at radius 3 is 2.84 bits per heavy atom. The molecule has 2 aromatic rings. The Bertz CT molecular complexity index is 715. The number of thioether (sulfide) groups is 1. The lowest BCUT2D eigenvalue weighted by Gasteiger charge is -2.15. The van der Waals surface area contributed by atoms with Crippen LogP contribution in [0.1, 0.15) is 31.2 Å². The van der Waals surface area contributed by atoms with Gasteiger partial charge in [-0.05, 0) is 44.7 Å². The van der Waals surface area contributed by atoms with Crippen LogP contribution in [-0.4, -0.2) is 41.0 Å². The first kappa shape index (κ1) is 18.0. The standard InChI is InChI=1S/C19H25N3O2S/c1-14(12-24-2)20-18(23)13-25-19-21-16-10-6-7-11-17(16)22(19)15-8-4-3-5-9-15/h3-5,8-9,14H,6-7,10-13H2,1-2H3,(H,20,23). The number of para-hydroxylation sites is 1. The second-order valence-corrected chi connectivity index (χ2v) is 7.32. The summed E-state index contributed by atoms with van der Waals surface area (Å²) in [5, 5.41) is 3.86. The van der Waals surface area contributed by atoms with E-state index in [2.05, 4.69) is 22.0 Å². The van der Waals surface area contributed by atoms with E-state index in [-0.39, 0.29) is 11.9 Å². The number of rotatable bonds is 7. The van der Waals surface area contributed by atoms with Gasteiger partial charge in [-0.15, -0.1) is 0 Å². The zero-order valence-electron chi connectivity index (χ0n) is 14.8. The maximum Gasteiger partial charge on any atom is 0.230 e. The molecule has 0 saturated carbocycles. The summed E-state index contributed by atoms with van der Waals surface area (Å²) in [6.07, 6.45) is 4.47. The Morgan fingerprint density at radius 2 is 2.08 bits per heavy atom. The van der Waals surface area contributed by atoms with Crippen LogP contribution >= 0.6 is 11.8 Å². The van der Waals surface area contributed by atoms with Crippen molar-refractivity contribution in [3.05, 3.63) is 41.7 Å². The number of amides is 1. The van der Waals surface area contributed by atoms with Crippen LogP contribution in [0.2, 0.25) is 0 Å².